The number of benzene rings is 1. The normalized spacial score (nSPS) is 21.0. The first-order valence-corrected chi connectivity index (χ1v) is 7.10. The Kier molecular flexibility index (Phi) is 4.90. The lowest BCUT2D eigenvalue weighted by Crippen LogP contribution is -2.09. The first kappa shape index (κ1) is 12.5. The summed E-state index contributed by atoms with van der Waals surface area (Å²) in [5.74, 6) is 1.00. The lowest BCUT2D eigenvalue weighted by molar-refractivity contribution is 0.129. The van der Waals surface area contributed by atoms with Crippen molar-refractivity contribution in [2.75, 3.05) is 12.4 Å². The second-order valence-corrected chi connectivity index (χ2v) is 5.47. The molecule has 2 rings (SSSR count). The molecule has 0 N–H and O–H groups in total. The predicted octanol–water partition coefficient (Wildman–Crippen LogP) is 3.55. The molecule has 2 atom stereocenters. The smallest absolute Gasteiger partial charge is 0.0666 e. The van der Waals surface area contributed by atoms with Crippen LogP contribution < -0.4 is 0 Å². The zero-order valence-corrected chi connectivity index (χ0v) is 10.7. The first-order chi connectivity index (χ1) is 8.40. The van der Waals surface area contributed by atoms with E-state index in [9.17, 15) is 0 Å². The lowest BCUT2D eigenvalue weighted by Gasteiger charge is -2.16. The predicted molar refractivity (Wildman–Crippen MR) is 70.8 cm³/mol. The Hall–Kier alpha value is -0.980. The van der Waals surface area contributed by atoms with Crippen molar-refractivity contribution in [2.24, 2.45) is 0 Å². The SMILES string of the molecule is N#CCC(SCC1CCCO1)c1ccccc1. The standard InChI is InChI=1S/C14H17NOS/c15-9-8-14(12-5-2-1-3-6-12)17-11-13-7-4-10-16-13/h1-3,5-6,13-14H,4,7-8,10-11H2. The summed E-state index contributed by atoms with van der Waals surface area (Å²) in [5.41, 5.74) is 1.25. The molecule has 0 saturated carbocycles. The minimum Gasteiger partial charge on any atom is -0.377 e. The summed E-state index contributed by atoms with van der Waals surface area (Å²) in [4.78, 5) is 0. The van der Waals surface area contributed by atoms with Crippen molar-refractivity contribution in [3.63, 3.8) is 0 Å². The monoisotopic (exact) mass is 247 g/mol. The molecule has 3 heteroatoms. The molecule has 1 aliphatic rings. The van der Waals surface area contributed by atoms with Crippen molar-refractivity contribution in [3.05, 3.63) is 35.9 Å². The van der Waals surface area contributed by atoms with Crippen LogP contribution in [0.3, 0.4) is 0 Å². The summed E-state index contributed by atoms with van der Waals surface area (Å²) in [6, 6.07) is 12.6. The van der Waals surface area contributed by atoms with E-state index >= 15 is 0 Å². The van der Waals surface area contributed by atoms with Crippen LogP contribution in [0.25, 0.3) is 0 Å². The Labute approximate surface area is 107 Å². The van der Waals surface area contributed by atoms with E-state index in [0.717, 1.165) is 12.4 Å². The van der Waals surface area contributed by atoms with Gasteiger partial charge in [-0.25, -0.2) is 0 Å². The highest BCUT2D eigenvalue weighted by atomic mass is 32.2. The molecule has 2 unspecified atom stereocenters. The van der Waals surface area contributed by atoms with Crippen LogP contribution in [0.1, 0.15) is 30.1 Å². The van der Waals surface area contributed by atoms with Gasteiger partial charge in [0.05, 0.1) is 18.6 Å². The van der Waals surface area contributed by atoms with E-state index in [-0.39, 0.29) is 5.25 Å². The molecule has 1 aliphatic heterocycles. The van der Waals surface area contributed by atoms with Crippen LogP contribution >= 0.6 is 11.8 Å². The average molecular weight is 247 g/mol. The Morgan fingerprint density at radius 2 is 2.24 bits per heavy atom. The zero-order chi connectivity index (χ0) is 11.9. The maximum atomic E-state index is 8.90. The van der Waals surface area contributed by atoms with E-state index in [0.29, 0.717) is 12.5 Å². The van der Waals surface area contributed by atoms with Gasteiger partial charge in [0.25, 0.3) is 0 Å². The van der Waals surface area contributed by atoms with Crippen LogP contribution in [0.2, 0.25) is 0 Å². The maximum absolute atomic E-state index is 8.90. The Morgan fingerprint density at radius 3 is 2.88 bits per heavy atom. The number of rotatable bonds is 5. The van der Waals surface area contributed by atoms with Crippen molar-refractivity contribution in [3.8, 4) is 6.07 Å². The van der Waals surface area contributed by atoms with Gasteiger partial charge in [0.1, 0.15) is 0 Å². The van der Waals surface area contributed by atoms with Crippen LogP contribution in [0.5, 0.6) is 0 Å². The molecule has 17 heavy (non-hydrogen) atoms. The van der Waals surface area contributed by atoms with Crippen molar-refractivity contribution < 1.29 is 4.74 Å². The molecule has 0 aliphatic carbocycles. The number of hydrogen-bond donors (Lipinski definition) is 0. The number of nitrogens with zero attached hydrogens (tertiary/aromatic N) is 1. The average Bonchev–Trinajstić information content (AvgIpc) is 2.88. The van der Waals surface area contributed by atoms with Gasteiger partial charge in [0, 0.05) is 17.6 Å². The van der Waals surface area contributed by atoms with Crippen molar-refractivity contribution in [1.82, 2.24) is 0 Å². The fourth-order valence-electron chi connectivity index (χ4n) is 2.02. The van der Waals surface area contributed by atoms with E-state index in [1.807, 2.05) is 30.0 Å². The second-order valence-electron chi connectivity index (χ2n) is 4.23. The summed E-state index contributed by atoms with van der Waals surface area (Å²) >= 11 is 1.85. The Balaban J connectivity index is 1.91. The molecule has 1 heterocycles. The fraction of sp³-hybridized carbons (Fsp3) is 0.500. The van der Waals surface area contributed by atoms with Gasteiger partial charge >= 0.3 is 0 Å². The third-order valence-electron chi connectivity index (χ3n) is 2.96. The van der Waals surface area contributed by atoms with Crippen LogP contribution in [0, 0.1) is 11.3 Å². The van der Waals surface area contributed by atoms with Crippen LogP contribution in [0.15, 0.2) is 30.3 Å². The van der Waals surface area contributed by atoms with Gasteiger partial charge in [-0.3, -0.25) is 0 Å². The molecular formula is C14H17NOS. The fourth-order valence-corrected chi connectivity index (χ4v) is 3.27. The molecule has 0 aromatic heterocycles. The molecule has 1 aromatic carbocycles. The highest BCUT2D eigenvalue weighted by molar-refractivity contribution is 7.99. The van der Waals surface area contributed by atoms with Crippen molar-refractivity contribution in [2.45, 2.75) is 30.6 Å². The Bertz CT molecular complexity index is 368. The topological polar surface area (TPSA) is 33.0 Å². The quantitative estimate of drug-likeness (QED) is 0.797. The molecule has 90 valence electrons. The van der Waals surface area contributed by atoms with Crippen LogP contribution in [0.4, 0.5) is 0 Å². The number of hydrogen-bond acceptors (Lipinski definition) is 3. The van der Waals surface area contributed by atoms with Gasteiger partial charge in [-0.05, 0) is 18.4 Å². The highest BCUT2D eigenvalue weighted by Gasteiger charge is 2.19. The van der Waals surface area contributed by atoms with Crippen LogP contribution in [-0.2, 0) is 4.74 Å². The summed E-state index contributed by atoms with van der Waals surface area (Å²) in [6.45, 7) is 0.902. The maximum Gasteiger partial charge on any atom is 0.0666 e. The lowest BCUT2D eigenvalue weighted by atomic mass is 10.1. The molecule has 0 radical (unpaired) electrons. The molecule has 1 saturated heterocycles. The van der Waals surface area contributed by atoms with Gasteiger partial charge in [-0.2, -0.15) is 5.26 Å². The summed E-state index contributed by atoms with van der Waals surface area (Å²) < 4.78 is 5.61. The molecule has 0 spiro atoms. The van der Waals surface area contributed by atoms with Gasteiger partial charge in [0.15, 0.2) is 0 Å². The van der Waals surface area contributed by atoms with Gasteiger partial charge in [-0.15, -0.1) is 11.8 Å². The molecule has 2 nitrogen and oxygen atoms in total. The van der Waals surface area contributed by atoms with E-state index in [1.54, 1.807) is 0 Å². The third kappa shape index (κ3) is 3.76. The van der Waals surface area contributed by atoms with E-state index in [4.69, 9.17) is 10.00 Å². The van der Waals surface area contributed by atoms with Crippen molar-refractivity contribution in [1.29, 1.82) is 5.26 Å². The number of thioether (sulfide) groups is 1. The molecule has 1 fully saturated rings. The first-order valence-electron chi connectivity index (χ1n) is 6.05. The van der Waals surface area contributed by atoms with Gasteiger partial charge < -0.3 is 4.74 Å². The van der Waals surface area contributed by atoms with Crippen molar-refractivity contribution >= 4 is 11.8 Å². The summed E-state index contributed by atoms with van der Waals surface area (Å²) in [7, 11) is 0. The molecule has 0 bridgehead atoms. The molecular weight excluding hydrogens is 230 g/mol. The summed E-state index contributed by atoms with van der Waals surface area (Å²) in [6.07, 6.45) is 3.31. The zero-order valence-electron chi connectivity index (χ0n) is 9.84. The van der Waals surface area contributed by atoms with E-state index in [1.165, 1.54) is 18.4 Å². The number of ether oxygens (including phenoxy) is 1. The van der Waals surface area contributed by atoms with E-state index < -0.39 is 0 Å². The minimum absolute atomic E-state index is 0.283. The Morgan fingerprint density at radius 1 is 1.41 bits per heavy atom. The van der Waals surface area contributed by atoms with Gasteiger partial charge in [0.2, 0.25) is 0 Å². The van der Waals surface area contributed by atoms with E-state index in [2.05, 4.69) is 18.2 Å². The highest BCUT2D eigenvalue weighted by Crippen LogP contribution is 2.33. The van der Waals surface area contributed by atoms with Gasteiger partial charge in [-0.1, -0.05) is 30.3 Å². The third-order valence-corrected chi connectivity index (χ3v) is 4.36. The number of nitriles is 1. The summed E-state index contributed by atoms with van der Waals surface area (Å²) in [5, 5.41) is 9.18. The van der Waals surface area contributed by atoms with Crippen LogP contribution in [-0.4, -0.2) is 18.5 Å². The second kappa shape index (κ2) is 6.68. The minimum atomic E-state index is 0.283. The molecule has 1 aromatic rings. The molecule has 0 amide bonds. The largest absolute Gasteiger partial charge is 0.377 e.